The van der Waals surface area contributed by atoms with E-state index < -0.39 is 0 Å². The molecule has 0 saturated carbocycles. The Hall–Kier alpha value is -0.240. The van der Waals surface area contributed by atoms with Crippen molar-refractivity contribution in [3.8, 4) is 0 Å². The third-order valence-corrected chi connectivity index (χ3v) is 4.11. The lowest BCUT2D eigenvalue weighted by molar-refractivity contribution is 0.596. The monoisotopic (exact) mass is 271 g/mol. The minimum Gasteiger partial charge on any atom is -0.316 e. The standard InChI is InChI=1S/C14H19Cl2N/c15-13-6-7-14(16)12-8-10-17-9-4-2-1-3-5-11(12)13/h6-7,17H,1-5,8-10H2. The first-order valence-electron chi connectivity index (χ1n) is 6.45. The number of fused-ring (bicyclic) bond motifs is 1. The van der Waals surface area contributed by atoms with Crippen LogP contribution in [0.2, 0.25) is 10.0 Å². The van der Waals surface area contributed by atoms with Crippen LogP contribution in [0.1, 0.15) is 36.8 Å². The molecule has 1 N–H and O–H groups in total. The van der Waals surface area contributed by atoms with Crippen LogP contribution in [0, 0.1) is 0 Å². The zero-order chi connectivity index (χ0) is 12.1. The molecule has 17 heavy (non-hydrogen) atoms. The SMILES string of the molecule is Clc1ccc(Cl)c2c1CCCCCCNCC2. The van der Waals surface area contributed by atoms with Crippen LogP contribution in [0.3, 0.4) is 0 Å². The molecule has 0 radical (unpaired) electrons. The molecule has 0 fully saturated rings. The third-order valence-electron chi connectivity index (χ3n) is 3.40. The minimum absolute atomic E-state index is 0.866. The van der Waals surface area contributed by atoms with Crippen LogP contribution in [-0.4, -0.2) is 13.1 Å². The molecule has 0 atom stereocenters. The molecule has 1 heterocycles. The van der Waals surface area contributed by atoms with E-state index in [1.807, 2.05) is 12.1 Å². The lowest BCUT2D eigenvalue weighted by atomic mass is 9.99. The summed E-state index contributed by atoms with van der Waals surface area (Å²) in [5.41, 5.74) is 2.51. The highest BCUT2D eigenvalue weighted by Crippen LogP contribution is 2.29. The van der Waals surface area contributed by atoms with Crippen molar-refractivity contribution in [1.29, 1.82) is 0 Å². The predicted molar refractivity (Wildman–Crippen MR) is 75.2 cm³/mol. The second-order valence-electron chi connectivity index (χ2n) is 4.65. The van der Waals surface area contributed by atoms with Crippen LogP contribution >= 0.6 is 23.2 Å². The molecular formula is C14H19Cl2N. The number of rotatable bonds is 0. The first-order valence-corrected chi connectivity index (χ1v) is 7.21. The Morgan fingerprint density at radius 3 is 2.18 bits per heavy atom. The van der Waals surface area contributed by atoms with E-state index in [1.165, 1.54) is 36.8 Å². The topological polar surface area (TPSA) is 12.0 Å². The summed E-state index contributed by atoms with van der Waals surface area (Å²) in [4.78, 5) is 0. The molecule has 1 nitrogen and oxygen atoms in total. The molecule has 0 amide bonds. The average Bonchev–Trinajstić information content (AvgIpc) is 2.38. The van der Waals surface area contributed by atoms with Crippen molar-refractivity contribution in [3.63, 3.8) is 0 Å². The van der Waals surface area contributed by atoms with E-state index >= 15 is 0 Å². The van der Waals surface area contributed by atoms with Gasteiger partial charge in [-0.1, -0.05) is 36.0 Å². The highest BCUT2D eigenvalue weighted by Gasteiger charge is 2.11. The number of hydrogen-bond acceptors (Lipinski definition) is 1. The van der Waals surface area contributed by atoms with Crippen molar-refractivity contribution < 1.29 is 0 Å². The number of halogens is 2. The molecule has 0 bridgehead atoms. The maximum atomic E-state index is 6.30. The van der Waals surface area contributed by atoms with Gasteiger partial charge in [-0.2, -0.15) is 0 Å². The van der Waals surface area contributed by atoms with Gasteiger partial charge in [-0.05, 0) is 62.0 Å². The normalized spacial score (nSPS) is 18.2. The molecule has 3 heteroatoms. The van der Waals surface area contributed by atoms with E-state index in [9.17, 15) is 0 Å². The molecule has 94 valence electrons. The second-order valence-corrected chi connectivity index (χ2v) is 5.46. The lowest BCUT2D eigenvalue weighted by Gasteiger charge is -2.13. The first-order chi connectivity index (χ1) is 8.29. The van der Waals surface area contributed by atoms with Gasteiger partial charge in [-0.3, -0.25) is 0 Å². The van der Waals surface area contributed by atoms with Crippen molar-refractivity contribution in [2.75, 3.05) is 13.1 Å². The Bertz CT molecular complexity index is 342. The third kappa shape index (κ3) is 3.61. The van der Waals surface area contributed by atoms with Crippen LogP contribution in [0.25, 0.3) is 0 Å². The predicted octanol–water partition coefficient (Wildman–Crippen LogP) is 4.24. The summed E-state index contributed by atoms with van der Waals surface area (Å²) < 4.78 is 0. The summed E-state index contributed by atoms with van der Waals surface area (Å²) in [6.45, 7) is 2.11. The molecule has 0 aliphatic carbocycles. The molecule has 1 aromatic carbocycles. The Kier molecular flexibility index (Phi) is 5.15. The summed E-state index contributed by atoms with van der Waals surface area (Å²) in [6.07, 6.45) is 7.12. The molecular weight excluding hydrogens is 253 g/mol. The molecule has 1 aromatic rings. The van der Waals surface area contributed by atoms with E-state index in [0.717, 1.165) is 36.0 Å². The van der Waals surface area contributed by atoms with Gasteiger partial charge in [0.15, 0.2) is 0 Å². The van der Waals surface area contributed by atoms with Crippen LogP contribution < -0.4 is 5.32 Å². The number of benzene rings is 1. The number of hydrogen-bond donors (Lipinski definition) is 1. The fraction of sp³-hybridized carbons (Fsp3) is 0.571. The molecule has 0 saturated heterocycles. The smallest absolute Gasteiger partial charge is 0.0442 e. The number of nitrogens with one attached hydrogen (secondary N) is 1. The van der Waals surface area contributed by atoms with Gasteiger partial charge in [0.05, 0.1) is 0 Å². The van der Waals surface area contributed by atoms with Gasteiger partial charge in [-0.15, -0.1) is 0 Å². The zero-order valence-corrected chi connectivity index (χ0v) is 11.6. The van der Waals surface area contributed by atoms with Crippen molar-refractivity contribution in [2.24, 2.45) is 0 Å². The van der Waals surface area contributed by atoms with E-state index in [1.54, 1.807) is 0 Å². The molecule has 1 aliphatic rings. The Morgan fingerprint density at radius 1 is 0.765 bits per heavy atom. The maximum absolute atomic E-state index is 6.30. The fourth-order valence-electron chi connectivity index (χ4n) is 2.42. The summed E-state index contributed by atoms with van der Waals surface area (Å²) in [5, 5.41) is 5.21. The van der Waals surface area contributed by atoms with Crippen LogP contribution in [0.15, 0.2) is 12.1 Å². The summed E-state index contributed by atoms with van der Waals surface area (Å²) in [5.74, 6) is 0. The largest absolute Gasteiger partial charge is 0.316 e. The van der Waals surface area contributed by atoms with E-state index in [4.69, 9.17) is 23.2 Å². The van der Waals surface area contributed by atoms with Gasteiger partial charge in [0.25, 0.3) is 0 Å². The lowest BCUT2D eigenvalue weighted by Crippen LogP contribution is -2.18. The average molecular weight is 272 g/mol. The van der Waals surface area contributed by atoms with E-state index in [2.05, 4.69) is 5.32 Å². The Balaban J connectivity index is 2.23. The van der Waals surface area contributed by atoms with E-state index in [0.29, 0.717) is 0 Å². The Labute approximate surface area is 114 Å². The zero-order valence-electron chi connectivity index (χ0n) is 10.1. The van der Waals surface area contributed by atoms with Gasteiger partial charge in [0.2, 0.25) is 0 Å². The van der Waals surface area contributed by atoms with Crippen molar-refractivity contribution in [1.82, 2.24) is 5.32 Å². The maximum Gasteiger partial charge on any atom is 0.0442 e. The Morgan fingerprint density at radius 2 is 1.41 bits per heavy atom. The van der Waals surface area contributed by atoms with Crippen LogP contribution in [0.5, 0.6) is 0 Å². The van der Waals surface area contributed by atoms with Gasteiger partial charge >= 0.3 is 0 Å². The molecule has 0 spiro atoms. The fourth-order valence-corrected chi connectivity index (χ4v) is 2.96. The highest BCUT2D eigenvalue weighted by molar-refractivity contribution is 6.34. The summed E-state index contributed by atoms with van der Waals surface area (Å²) in [6, 6.07) is 3.85. The summed E-state index contributed by atoms with van der Waals surface area (Å²) >= 11 is 12.6. The van der Waals surface area contributed by atoms with Crippen LogP contribution in [-0.2, 0) is 12.8 Å². The van der Waals surface area contributed by atoms with Crippen LogP contribution in [0.4, 0.5) is 0 Å². The molecule has 0 unspecified atom stereocenters. The second kappa shape index (κ2) is 6.63. The van der Waals surface area contributed by atoms with Crippen molar-refractivity contribution >= 4 is 23.2 Å². The van der Waals surface area contributed by atoms with Gasteiger partial charge < -0.3 is 5.32 Å². The summed E-state index contributed by atoms with van der Waals surface area (Å²) in [7, 11) is 0. The molecule has 1 aliphatic heterocycles. The molecule has 0 aromatic heterocycles. The molecule has 2 rings (SSSR count). The van der Waals surface area contributed by atoms with Crippen molar-refractivity contribution in [2.45, 2.75) is 38.5 Å². The van der Waals surface area contributed by atoms with Gasteiger partial charge in [0.1, 0.15) is 0 Å². The van der Waals surface area contributed by atoms with Gasteiger partial charge in [-0.25, -0.2) is 0 Å². The van der Waals surface area contributed by atoms with E-state index in [-0.39, 0.29) is 0 Å². The minimum atomic E-state index is 0.866. The highest BCUT2D eigenvalue weighted by atomic mass is 35.5. The van der Waals surface area contributed by atoms with Crippen molar-refractivity contribution in [3.05, 3.63) is 33.3 Å². The first kappa shape index (κ1) is 13.2. The van der Waals surface area contributed by atoms with Gasteiger partial charge in [0, 0.05) is 10.0 Å². The quantitative estimate of drug-likeness (QED) is 0.744.